The van der Waals surface area contributed by atoms with Crippen molar-refractivity contribution in [2.45, 2.75) is 31.2 Å². The lowest BCUT2D eigenvalue weighted by molar-refractivity contribution is -0.133. The number of amides is 1. The molecule has 1 aliphatic heterocycles. The fourth-order valence-corrected chi connectivity index (χ4v) is 4.01. The highest BCUT2D eigenvalue weighted by atomic mass is 35.5. The number of nitrogens with one attached hydrogen (secondary N) is 1. The number of halogens is 1. The minimum atomic E-state index is 0. The minimum absolute atomic E-state index is 0. The number of carbonyl (C=O) groups excluding carboxylic acids is 1. The van der Waals surface area contributed by atoms with Crippen molar-refractivity contribution < 1.29 is 4.79 Å². The van der Waals surface area contributed by atoms with Crippen LogP contribution in [0.4, 0.5) is 0 Å². The Labute approximate surface area is 149 Å². The van der Waals surface area contributed by atoms with Gasteiger partial charge in [0.2, 0.25) is 5.91 Å². The van der Waals surface area contributed by atoms with Crippen molar-refractivity contribution in [2.24, 2.45) is 5.92 Å². The van der Waals surface area contributed by atoms with Gasteiger partial charge in [-0.3, -0.25) is 4.79 Å². The summed E-state index contributed by atoms with van der Waals surface area (Å²) in [5.41, 5.74) is 1.35. The first-order valence-corrected chi connectivity index (χ1v) is 8.71. The lowest BCUT2D eigenvalue weighted by Crippen LogP contribution is -2.44. The fraction of sp³-hybridized carbons (Fsp3) is 0.450. The van der Waals surface area contributed by atoms with Crippen LogP contribution in [0.25, 0.3) is 10.8 Å². The smallest absolute Gasteiger partial charge is 0.226 e. The Morgan fingerprint density at radius 3 is 2.54 bits per heavy atom. The van der Waals surface area contributed by atoms with E-state index in [-0.39, 0.29) is 18.3 Å². The first-order valence-electron chi connectivity index (χ1n) is 8.71. The number of fused-ring (bicyclic) bond motifs is 1. The molecule has 2 aliphatic rings. The molecule has 1 amide bonds. The Kier molecular flexibility index (Phi) is 5.12. The van der Waals surface area contributed by atoms with Crippen LogP contribution in [0.3, 0.4) is 0 Å². The van der Waals surface area contributed by atoms with Crippen LogP contribution in [0.5, 0.6) is 0 Å². The van der Waals surface area contributed by atoms with Gasteiger partial charge in [0, 0.05) is 25.0 Å². The maximum absolute atomic E-state index is 12.8. The molecule has 0 aromatic heterocycles. The van der Waals surface area contributed by atoms with E-state index in [1.165, 1.54) is 16.3 Å². The zero-order chi connectivity index (χ0) is 15.8. The second-order valence-corrected chi connectivity index (χ2v) is 6.91. The summed E-state index contributed by atoms with van der Waals surface area (Å²) in [7, 11) is 2.01. The Morgan fingerprint density at radius 1 is 1.08 bits per heavy atom. The molecule has 2 aromatic carbocycles. The second-order valence-electron chi connectivity index (χ2n) is 6.91. The van der Waals surface area contributed by atoms with Gasteiger partial charge in [0.25, 0.3) is 0 Å². The van der Waals surface area contributed by atoms with Crippen LogP contribution in [0.15, 0.2) is 42.5 Å². The van der Waals surface area contributed by atoms with Gasteiger partial charge < -0.3 is 10.2 Å². The van der Waals surface area contributed by atoms with Gasteiger partial charge in [-0.05, 0) is 48.6 Å². The van der Waals surface area contributed by atoms with E-state index >= 15 is 0 Å². The number of hydrogen-bond donors (Lipinski definition) is 1. The van der Waals surface area contributed by atoms with Gasteiger partial charge >= 0.3 is 0 Å². The second kappa shape index (κ2) is 7.12. The molecular formula is C20H25ClN2O. The molecule has 0 bridgehead atoms. The molecule has 2 unspecified atom stereocenters. The van der Waals surface area contributed by atoms with Gasteiger partial charge in [-0.25, -0.2) is 0 Å². The first-order chi connectivity index (χ1) is 11.3. The van der Waals surface area contributed by atoms with Crippen LogP contribution in [0.1, 0.15) is 30.7 Å². The molecule has 0 radical (unpaired) electrons. The van der Waals surface area contributed by atoms with Crippen LogP contribution >= 0.6 is 12.4 Å². The van der Waals surface area contributed by atoms with E-state index in [4.69, 9.17) is 0 Å². The molecule has 0 spiro atoms. The summed E-state index contributed by atoms with van der Waals surface area (Å²) in [5, 5.41) is 5.91. The van der Waals surface area contributed by atoms with Gasteiger partial charge in [-0.2, -0.15) is 0 Å². The number of rotatable bonds is 3. The van der Waals surface area contributed by atoms with Gasteiger partial charge in [0.15, 0.2) is 0 Å². The molecule has 3 nitrogen and oxygen atoms in total. The molecule has 1 saturated carbocycles. The van der Waals surface area contributed by atoms with E-state index < -0.39 is 0 Å². The van der Waals surface area contributed by atoms with E-state index in [1.54, 1.807) is 0 Å². The van der Waals surface area contributed by atoms with Gasteiger partial charge in [-0.15, -0.1) is 12.4 Å². The molecular weight excluding hydrogens is 320 g/mol. The Bertz CT molecular complexity index is 719. The van der Waals surface area contributed by atoms with E-state index in [1.807, 2.05) is 7.05 Å². The summed E-state index contributed by atoms with van der Waals surface area (Å²) in [6.07, 6.45) is 3.17. The largest absolute Gasteiger partial charge is 0.342 e. The topological polar surface area (TPSA) is 32.3 Å². The van der Waals surface area contributed by atoms with Crippen LogP contribution in [-0.2, 0) is 4.79 Å². The quantitative estimate of drug-likeness (QED) is 0.923. The highest BCUT2D eigenvalue weighted by molar-refractivity contribution is 5.89. The third kappa shape index (κ3) is 3.15. The number of carbonyl (C=O) groups is 1. The molecule has 1 heterocycles. The van der Waals surface area contributed by atoms with Crippen molar-refractivity contribution in [2.75, 3.05) is 20.1 Å². The highest BCUT2D eigenvalue weighted by Gasteiger charge is 2.46. The van der Waals surface area contributed by atoms with Crippen molar-refractivity contribution in [1.29, 1.82) is 0 Å². The van der Waals surface area contributed by atoms with Crippen molar-refractivity contribution >= 4 is 29.1 Å². The predicted molar refractivity (Wildman–Crippen MR) is 101 cm³/mol. The van der Waals surface area contributed by atoms with Gasteiger partial charge in [-0.1, -0.05) is 42.5 Å². The maximum Gasteiger partial charge on any atom is 0.226 e. The van der Waals surface area contributed by atoms with E-state index in [0.29, 0.717) is 17.9 Å². The number of piperidine rings is 1. The molecule has 2 aromatic rings. The molecule has 24 heavy (non-hydrogen) atoms. The molecule has 1 saturated heterocycles. The lowest BCUT2D eigenvalue weighted by Gasteiger charge is -2.32. The summed E-state index contributed by atoms with van der Waals surface area (Å²) in [5.74, 6) is 0.986. The Balaban J connectivity index is 0.00000169. The Hall–Kier alpha value is -1.58. The molecule has 4 heteroatoms. The van der Waals surface area contributed by atoms with Crippen molar-refractivity contribution in [3.8, 4) is 0 Å². The zero-order valence-corrected chi connectivity index (χ0v) is 14.9. The molecule has 2 fully saturated rings. The summed E-state index contributed by atoms with van der Waals surface area (Å²) in [4.78, 5) is 14.9. The van der Waals surface area contributed by atoms with Crippen molar-refractivity contribution in [3.05, 3.63) is 48.0 Å². The molecule has 2 atom stereocenters. The summed E-state index contributed by atoms with van der Waals surface area (Å²) in [6, 6.07) is 15.6. The van der Waals surface area contributed by atoms with E-state index in [0.717, 1.165) is 32.4 Å². The van der Waals surface area contributed by atoms with Crippen LogP contribution in [0, 0.1) is 5.92 Å². The number of likely N-dealkylation sites (tertiary alicyclic amines) is 1. The number of nitrogens with zero attached hydrogens (tertiary/aromatic N) is 1. The average Bonchev–Trinajstić information content (AvgIpc) is 3.41. The number of benzene rings is 2. The number of hydrogen-bond acceptors (Lipinski definition) is 2. The van der Waals surface area contributed by atoms with Crippen LogP contribution < -0.4 is 5.32 Å². The SMILES string of the molecule is CNC1CCN(C(=O)C2CC2c2cccc3ccccc23)CC1.Cl. The van der Waals surface area contributed by atoms with Crippen LogP contribution in [-0.4, -0.2) is 37.0 Å². The third-order valence-corrected chi connectivity index (χ3v) is 5.55. The monoisotopic (exact) mass is 344 g/mol. The van der Waals surface area contributed by atoms with Gasteiger partial charge in [0.1, 0.15) is 0 Å². The van der Waals surface area contributed by atoms with Crippen molar-refractivity contribution in [3.63, 3.8) is 0 Å². The Morgan fingerprint density at radius 2 is 1.79 bits per heavy atom. The maximum atomic E-state index is 12.8. The highest BCUT2D eigenvalue weighted by Crippen LogP contribution is 2.50. The van der Waals surface area contributed by atoms with Gasteiger partial charge in [0.05, 0.1) is 0 Å². The lowest BCUT2D eigenvalue weighted by atomic mass is 9.99. The molecule has 1 N–H and O–H groups in total. The molecule has 128 valence electrons. The minimum Gasteiger partial charge on any atom is -0.342 e. The summed E-state index contributed by atoms with van der Waals surface area (Å²) >= 11 is 0. The van der Waals surface area contributed by atoms with Crippen molar-refractivity contribution in [1.82, 2.24) is 10.2 Å². The fourth-order valence-electron chi connectivity index (χ4n) is 4.01. The standard InChI is InChI=1S/C20H24N2O.ClH/c1-21-15-9-11-22(12-10-15)20(23)19-13-18(19)17-8-4-6-14-5-2-3-7-16(14)17;/h2-8,15,18-19,21H,9-13H2,1H3;1H. The molecule has 1 aliphatic carbocycles. The molecule has 4 rings (SSSR count). The van der Waals surface area contributed by atoms with E-state index in [2.05, 4.69) is 52.7 Å². The summed E-state index contributed by atoms with van der Waals surface area (Å²) in [6.45, 7) is 1.81. The van der Waals surface area contributed by atoms with Crippen LogP contribution in [0.2, 0.25) is 0 Å². The van der Waals surface area contributed by atoms with E-state index in [9.17, 15) is 4.79 Å². The summed E-state index contributed by atoms with van der Waals surface area (Å²) < 4.78 is 0. The normalized spacial score (nSPS) is 23.8. The third-order valence-electron chi connectivity index (χ3n) is 5.55. The predicted octanol–water partition coefficient (Wildman–Crippen LogP) is 3.58. The average molecular weight is 345 g/mol. The zero-order valence-electron chi connectivity index (χ0n) is 14.1. The first kappa shape index (κ1) is 17.2.